The molecule has 0 atom stereocenters. The van der Waals surface area contributed by atoms with Crippen molar-refractivity contribution in [2.75, 3.05) is 0 Å². The molecule has 0 saturated heterocycles. The number of hydrogen-bond donors (Lipinski definition) is 0. The highest BCUT2D eigenvalue weighted by Crippen LogP contribution is 2.19. The van der Waals surface area contributed by atoms with E-state index in [-0.39, 0.29) is 0 Å². The predicted octanol–water partition coefficient (Wildman–Crippen LogP) is 4.31. The van der Waals surface area contributed by atoms with Gasteiger partial charge in [0.1, 0.15) is 17.4 Å². The normalized spacial score (nSPS) is 11.5. The minimum absolute atomic E-state index is 0.336. The molecular weight excluding hydrogens is 340 g/mol. The number of benzene rings is 1. The zero-order chi connectivity index (χ0) is 16.4. The maximum absolute atomic E-state index is 5.79. The molecule has 0 amide bonds. The van der Waals surface area contributed by atoms with E-state index in [0.717, 1.165) is 21.3 Å². The highest BCUT2D eigenvalue weighted by atomic mass is 32.1. The number of aromatic nitrogens is 4. The third kappa shape index (κ3) is 3.22. The van der Waals surface area contributed by atoms with Crippen molar-refractivity contribution in [3.63, 3.8) is 0 Å². The summed E-state index contributed by atoms with van der Waals surface area (Å²) < 4.78 is 7.54. The summed E-state index contributed by atoms with van der Waals surface area (Å²) in [7, 11) is 0. The molecule has 4 aromatic rings. The number of fused-ring (bicyclic) bond motifs is 1. The molecule has 0 N–H and O–H groups in total. The van der Waals surface area contributed by atoms with Crippen molar-refractivity contribution < 1.29 is 4.74 Å². The molecule has 4 rings (SSSR count). The number of nitrogens with zero attached hydrogens (tertiary/aromatic N) is 4. The first-order valence-corrected chi connectivity index (χ1v) is 9.10. The Labute approximate surface area is 146 Å². The molecule has 5 nitrogen and oxygen atoms in total. The van der Waals surface area contributed by atoms with E-state index in [9.17, 15) is 0 Å². The molecule has 24 heavy (non-hydrogen) atoms. The molecule has 0 fully saturated rings. The second-order valence-corrected chi connectivity index (χ2v) is 7.17. The lowest BCUT2D eigenvalue weighted by Gasteiger charge is -2.04. The van der Waals surface area contributed by atoms with Gasteiger partial charge in [-0.2, -0.15) is 9.61 Å². The molecule has 0 unspecified atom stereocenters. The lowest BCUT2D eigenvalue weighted by molar-refractivity contribution is 0.292. The summed E-state index contributed by atoms with van der Waals surface area (Å²) in [6.45, 7) is 2.37. The molecule has 7 heteroatoms. The molecule has 3 aromatic heterocycles. The standard InChI is InChI=1S/C17H14N4OS2/c1-12-4-2-5-13(10-12)22-11-15-18-19-17-21(15)20-16(24-17)8-7-14-6-3-9-23-14/h2-10H,11H2,1H3. The van der Waals surface area contributed by atoms with Crippen molar-refractivity contribution in [1.82, 2.24) is 19.8 Å². The fourth-order valence-corrected chi connectivity index (χ4v) is 3.60. The van der Waals surface area contributed by atoms with Crippen LogP contribution in [0.2, 0.25) is 0 Å². The van der Waals surface area contributed by atoms with E-state index < -0.39 is 0 Å². The Balaban J connectivity index is 1.52. The third-order valence-electron chi connectivity index (χ3n) is 3.36. The average molecular weight is 354 g/mol. The van der Waals surface area contributed by atoms with Gasteiger partial charge in [-0.25, -0.2) is 0 Å². The van der Waals surface area contributed by atoms with Gasteiger partial charge in [0.05, 0.1) is 0 Å². The Morgan fingerprint density at radius 2 is 2.12 bits per heavy atom. The van der Waals surface area contributed by atoms with Gasteiger partial charge in [-0.05, 0) is 48.2 Å². The predicted molar refractivity (Wildman–Crippen MR) is 97.4 cm³/mol. The number of thiophene rings is 1. The van der Waals surface area contributed by atoms with E-state index in [1.165, 1.54) is 16.2 Å². The van der Waals surface area contributed by atoms with E-state index in [4.69, 9.17) is 4.74 Å². The topological polar surface area (TPSA) is 52.3 Å². The molecule has 0 aliphatic rings. The van der Waals surface area contributed by atoms with E-state index in [1.54, 1.807) is 15.9 Å². The molecular formula is C17H14N4OS2. The van der Waals surface area contributed by atoms with E-state index in [0.29, 0.717) is 12.4 Å². The fraction of sp³-hybridized carbons (Fsp3) is 0.118. The van der Waals surface area contributed by atoms with E-state index >= 15 is 0 Å². The first kappa shape index (κ1) is 15.0. The maximum Gasteiger partial charge on any atom is 0.235 e. The van der Waals surface area contributed by atoms with E-state index in [2.05, 4.69) is 32.8 Å². The molecule has 120 valence electrons. The zero-order valence-electron chi connectivity index (χ0n) is 12.9. The van der Waals surface area contributed by atoms with Crippen molar-refractivity contribution in [1.29, 1.82) is 0 Å². The van der Waals surface area contributed by atoms with Gasteiger partial charge < -0.3 is 4.74 Å². The maximum atomic E-state index is 5.79. The van der Waals surface area contributed by atoms with Gasteiger partial charge in [0, 0.05) is 4.88 Å². The summed E-state index contributed by atoms with van der Waals surface area (Å²) in [5, 5.41) is 15.8. The summed E-state index contributed by atoms with van der Waals surface area (Å²) in [5.41, 5.74) is 1.16. The van der Waals surface area contributed by atoms with Crippen LogP contribution in [0.4, 0.5) is 0 Å². The van der Waals surface area contributed by atoms with Gasteiger partial charge in [0.15, 0.2) is 5.82 Å². The zero-order valence-corrected chi connectivity index (χ0v) is 14.5. The van der Waals surface area contributed by atoms with Crippen LogP contribution < -0.4 is 4.74 Å². The summed E-state index contributed by atoms with van der Waals surface area (Å²) in [6.07, 6.45) is 4.05. The van der Waals surface area contributed by atoms with Crippen molar-refractivity contribution in [3.05, 3.63) is 63.1 Å². The average Bonchev–Trinajstić information content (AvgIpc) is 3.29. The summed E-state index contributed by atoms with van der Waals surface area (Å²) in [5.74, 6) is 1.51. The van der Waals surface area contributed by atoms with Gasteiger partial charge >= 0.3 is 0 Å². The largest absolute Gasteiger partial charge is 0.486 e. The van der Waals surface area contributed by atoms with Gasteiger partial charge in [-0.3, -0.25) is 0 Å². The first-order valence-electron chi connectivity index (χ1n) is 7.40. The van der Waals surface area contributed by atoms with Gasteiger partial charge in [0.2, 0.25) is 4.96 Å². The minimum atomic E-state index is 0.336. The summed E-state index contributed by atoms with van der Waals surface area (Å²) in [4.78, 5) is 1.97. The second-order valence-electron chi connectivity index (χ2n) is 5.20. The number of ether oxygens (including phenoxy) is 1. The second kappa shape index (κ2) is 6.54. The SMILES string of the molecule is Cc1cccc(OCc2nnc3sc(C=Cc4cccs4)nn23)c1. The number of hydrogen-bond acceptors (Lipinski definition) is 6. The van der Waals surface area contributed by atoms with Crippen LogP contribution in [0, 0.1) is 6.92 Å². The van der Waals surface area contributed by atoms with Crippen LogP contribution in [-0.4, -0.2) is 19.8 Å². The molecule has 0 bridgehead atoms. The molecule has 0 spiro atoms. The van der Waals surface area contributed by atoms with Gasteiger partial charge in [-0.1, -0.05) is 29.5 Å². The molecule has 1 aromatic carbocycles. The lowest BCUT2D eigenvalue weighted by Crippen LogP contribution is -2.02. The van der Waals surface area contributed by atoms with Crippen LogP contribution in [0.3, 0.4) is 0 Å². The number of rotatable bonds is 5. The van der Waals surface area contributed by atoms with Crippen molar-refractivity contribution in [2.45, 2.75) is 13.5 Å². The van der Waals surface area contributed by atoms with Crippen molar-refractivity contribution in [2.24, 2.45) is 0 Å². The fourth-order valence-electron chi connectivity index (χ4n) is 2.22. The summed E-state index contributed by atoms with van der Waals surface area (Å²) in [6, 6.07) is 12.0. The van der Waals surface area contributed by atoms with Crippen LogP contribution in [0.25, 0.3) is 17.1 Å². The molecule has 3 heterocycles. The molecule has 0 aliphatic carbocycles. The Bertz CT molecular complexity index is 985. The highest BCUT2D eigenvalue weighted by molar-refractivity contribution is 7.17. The Kier molecular flexibility index (Phi) is 4.10. The monoisotopic (exact) mass is 354 g/mol. The molecule has 0 saturated carbocycles. The Hall–Kier alpha value is -2.51. The van der Waals surface area contributed by atoms with Crippen LogP contribution in [0.15, 0.2) is 41.8 Å². The molecule has 0 radical (unpaired) electrons. The Morgan fingerprint density at radius 3 is 2.96 bits per heavy atom. The van der Waals surface area contributed by atoms with Crippen LogP contribution in [-0.2, 0) is 6.61 Å². The van der Waals surface area contributed by atoms with Gasteiger partial charge in [-0.15, -0.1) is 21.5 Å². The minimum Gasteiger partial charge on any atom is -0.486 e. The smallest absolute Gasteiger partial charge is 0.235 e. The van der Waals surface area contributed by atoms with Crippen LogP contribution >= 0.6 is 22.7 Å². The summed E-state index contributed by atoms with van der Waals surface area (Å²) >= 11 is 3.20. The highest BCUT2D eigenvalue weighted by Gasteiger charge is 2.11. The van der Waals surface area contributed by atoms with Gasteiger partial charge in [0.25, 0.3) is 0 Å². The van der Waals surface area contributed by atoms with Crippen LogP contribution in [0.5, 0.6) is 5.75 Å². The van der Waals surface area contributed by atoms with Crippen LogP contribution in [0.1, 0.15) is 21.3 Å². The Morgan fingerprint density at radius 1 is 1.17 bits per heavy atom. The first-order chi connectivity index (χ1) is 11.8. The van der Waals surface area contributed by atoms with Crippen molar-refractivity contribution >= 4 is 39.8 Å². The quantitative estimate of drug-likeness (QED) is 0.536. The van der Waals surface area contributed by atoms with Crippen molar-refractivity contribution in [3.8, 4) is 5.75 Å². The van der Waals surface area contributed by atoms with E-state index in [1.807, 2.05) is 43.3 Å². The molecule has 0 aliphatic heterocycles. The third-order valence-corrected chi connectivity index (χ3v) is 5.06. The number of aryl methyl sites for hydroxylation is 1. The lowest BCUT2D eigenvalue weighted by atomic mass is 10.2.